The molecule has 0 aliphatic heterocycles. The average Bonchev–Trinajstić information content (AvgIpc) is 3.09. The van der Waals surface area contributed by atoms with Crippen molar-refractivity contribution in [3.05, 3.63) is 70.0 Å². The number of rotatable bonds is 11. The molecule has 0 heterocycles. The first-order valence-electron chi connectivity index (χ1n) is 14.6. The first-order chi connectivity index (χ1) is 18.4. The van der Waals surface area contributed by atoms with Crippen LogP contribution in [0.2, 0.25) is 0 Å². The van der Waals surface area contributed by atoms with E-state index >= 15 is 0 Å². The summed E-state index contributed by atoms with van der Waals surface area (Å²) in [7, 11) is 0. The van der Waals surface area contributed by atoms with Crippen molar-refractivity contribution in [1.29, 1.82) is 0 Å². The van der Waals surface area contributed by atoms with Gasteiger partial charge in [0, 0.05) is 37.2 Å². The first-order valence-corrected chi connectivity index (χ1v) is 14.6. The molecule has 1 unspecified atom stereocenters. The Morgan fingerprint density at radius 1 is 1.16 bits per heavy atom. The SMILES string of the molecule is CC=NC(=C1CCCC(CCCC(=O)CC(C)NCc2cccc(F)c2F)CCC1)C1=C(C)CCCC=C1. The number of carbonyl (C=O) groups is 1. The normalized spacial score (nSPS) is 19.8. The summed E-state index contributed by atoms with van der Waals surface area (Å²) >= 11 is 0. The fraction of sp³-hybridized carbons (Fsp3) is 0.576. The Labute approximate surface area is 228 Å². The Hall–Kier alpha value is -2.40. The molecule has 208 valence electrons. The Morgan fingerprint density at radius 3 is 2.66 bits per heavy atom. The van der Waals surface area contributed by atoms with Gasteiger partial charge in [-0.1, -0.05) is 49.1 Å². The standard InChI is InChI=1S/C33H46F2N2O/c1-4-36-33(30-20-7-5-6-12-24(30)2)27-16-8-13-26(14-9-17-27)15-10-19-29(38)22-25(3)37-23-28-18-11-21-31(34)32(28)35/h4,7,11,18,20-21,25-26,37H,5-6,8-10,12-17,19,22-23H2,1-3H3. The van der Waals surface area contributed by atoms with Gasteiger partial charge in [-0.15, -0.1) is 0 Å². The molecule has 1 aromatic rings. The molecular formula is C33H46F2N2O. The van der Waals surface area contributed by atoms with Gasteiger partial charge >= 0.3 is 0 Å². The lowest BCUT2D eigenvalue weighted by Gasteiger charge is -2.23. The predicted molar refractivity (Wildman–Crippen MR) is 154 cm³/mol. The van der Waals surface area contributed by atoms with Crippen molar-refractivity contribution in [3.8, 4) is 0 Å². The summed E-state index contributed by atoms with van der Waals surface area (Å²) in [4.78, 5) is 17.4. The van der Waals surface area contributed by atoms with Crippen molar-refractivity contribution in [2.45, 2.75) is 117 Å². The van der Waals surface area contributed by atoms with Crippen LogP contribution in [0.4, 0.5) is 8.78 Å². The molecule has 38 heavy (non-hydrogen) atoms. The molecule has 0 bridgehead atoms. The summed E-state index contributed by atoms with van der Waals surface area (Å²) in [6.45, 7) is 6.42. The van der Waals surface area contributed by atoms with Gasteiger partial charge in [-0.2, -0.15) is 0 Å². The highest BCUT2D eigenvalue weighted by molar-refractivity contribution is 5.78. The number of hydrogen-bond donors (Lipinski definition) is 1. The zero-order valence-electron chi connectivity index (χ0n) is 23.6. The molecule has 2 aliphatic carbocycles. The number of hydrogen-bond acceptors (Lipinski definition) is 3. The molecule has 0 spiro atoms. The van der Waals surface area contributed by atoms with E-state index in [1.165, 1.54) is 60.6 Å². The van der Waals surface area contributed by atoms with Crippen molar-refractivity contribution < 1.29 is 13.6 Å². The summed E-state index contributed by atoms with van der Waals surface area (Å²) in [6.07, 6.45) is 20.1. The molecule has 0 saturated heterocycles. The van der Waals surface area contributed by atoms with Crippen molar-refractivity contribution in [1.82, 2.24) is 5.32 Å². The molecule has 3 nitrogen and oxygen atoms in total. The summed E-state index contributed by atoms with van der Waals surface area (Å²) < 4.78 is 27.2. The van der Waals surface area contributed by atoms with E-state index in [1.807, 2.05) is 20.1 Å². The molecule has 2 aliphatic rings. The van der Waals surface area contributed by atoms with Gasteiger partial charge in [0.2, 0.25) is 0 Å². The van der Waals surface area contributed by atoms with Crippen LogP contribution in [0.1, 0.15) is 110 Å². The third kappa shape index (κ3) is 9.41. The Morgan fingerprint density at radius 2 is 1.92 bits per heavy atom. The van der Waals surface area contributed by atoms with Crippen molar-refractivity contribution in [2.24, 2.45) is 10.9 Å². The second-order valence-electron chi connectivity index (χ2n) is 11.1. The van der Waals surface area contributed by atoms with Gasteiger partial charge in [-0.3, -0.25) is 9.79 Å². The van der Waals surface area contributed by atoms with E-state index in [2.05, 4.69) is 24.4 Å². The lowest BCUT2D eigenvalue weighted by atomic mass is 9.84. The van der Waals surface area contributed by atoms with Crippen LogP contribution < -0.4 is 5.32 Å². The number of benzene rings is 1. The van der Waals surface area contributed by atoms with Gasteiger partial charge in [-0.05, 0) is 95.3 Å². The molecule has 0 aromatic heterocycles. The maximum Gasteiger partial charge on any atom is 0.163 e. The minimum atomic E-state index is -0.839. The van der Waals surface area contributed by atoms with E-state index in [1.54, 1.807) is 6.07 Å². The molecule has 5 heteroatoms. The minimum Gasteiger partial charge on any atom is -0.310 e. The third-order valence-corrected chi connectivity index (χ3v) is 7.97. The topological polar surface area (TPSA) is 41.5 Å². The molecular weight excluding hydrogens is 478 g/mol. The average molecular weight is 525 g/mol. The molecule has 3 rings (SSSR count). The van der Waals surface area contributed by atoms with Crippen LogP contribution in [0.5, 0.6) is 0 Å². The lowest BCUT2D eigenvalue weighted by Crippen LogP contribution is -2.28. The fourth-order valence-electron chi connectivity index (χ4n) is 5.80. The number of aliphatic imine (C=N–C) groups is 1. The van der Waals surface area contributed by atoms with Crippen LogP contribution in [0, 0.1) is 17.6 Å². The van der Waals surface area contributed by atoms with E-state index in [0.717, 1.165) is 44.6 Å². The Kier molecular flexibility index (Phi) is 12.6. The highest BCUT2D eigenvalue weighted by atomic mass is 19.2. The lowest BCUT2D eigenvalue weighted by molar-refractivity contribution is -0.119. The molecule has 1 N–H and O–H groups in total. The van der Waals surface area contributed by atoms with Crippen molar-refractivity contribution >= 4 is 12.0 Å². The maximum atomic E-state index is 13.8. The van der Waals surface area contributed by atoms with E-state index in [0.29, 0.717) is 18.8 Å². The summed E-state index contributed by atoms with van der Waals surface area (Å²) in [6, 6.07) is 4.12. The molecule has 1 aromatic carbocycles. The monoisotopic (exact) mass is 524 g/mol. The summed E-state index contributed by atoms with van der Waals surface area (Å²) in [5.41, 5.74) is 5.82. The van der Waals surface area contributed by atoms with Gasteiger partial charge < -0.3 is 5.32 Å². The van der Waals surface area contributed by atoms with Crippen LogP contribution in [0.3, 0.4) is 0 Å². The summed E-state index contributed by atoms with van der Waals surface area (Å²) in [5.74, 6) is -0.729. The van der Waals surface area contributed by atoms with Crippen molar-refractivity contribution in [3.63, 3.8) is 0 Å². The maximum absolute atomic E-state index is 13.8. The number of ketones is 1. The second kappa shape index (κ2) is 15.9. The predicted octanol–water partition coefficient (Wildman–Crippen LogP) is 8.94. The third-order valence-electron chi connectivity index (χ3n) is 7.97. The highest BCUT2D eigenvalue weighted by Gasteiger charge is 2.19. The number of nitrogens with one attached hydrogen (secondary N) is 1. The quantitative estimate of drug-likeness (QED) is 0.294. The fourth-order valence-corrected chi connectivity index (χ4v) is 5.80. The van der Waals surface area contributed by atoms with Crippen LogP contribution >= 0.6 is 0 Å². The first kappa shape index (κ1) is 30.1. The van der Waals surface area contributed by atoms with Crippen LogP contribution in [0.15, 0.2) is 57.8 Å². The molecule has 0 amide bonds. The number of Topliss-reactive ketones (excluding diaryl/α,β-unsaturated/α-hetero) is 1. The zero-order valence-corrected chi connectivity index (χ0v) is 23.6. The van der Waals surface area contributed by atoms with E-state index in [4.69, 9.17) is 4.99 Å². The molecule has 0 radical (unpaired) electrons. The van der Waals surface area contributed by atoms with Gasteiger partial charge in [0.1, 0.15) is 5.78 Å². The highest BCUT2D eigenvalue weighted by Crippen LogP contribution is 2.34. The van der Waals surface area contributed by atoms with E-state index in [-0.39, 0.29) is 23.9 Å². The van der Waals surface area contributed by atoms with E-state index < -0.39 is 11.6 Å². The number of nitrogens with zero attached hydrogens (tertiary/aromatic N) is 1. The van der Waals surface area contributed by atoms with Gasteiger partial charge in [-0.25, -0.2) is 8.78 Å². The number of halogens is 2. The number of carbonyl (C=O) groups excluding carboxylic acids is 1. The van der Waals surface area contributed by atoms with Gasteiger partial charge in [0.25, 0.3) is 0 Å². The zero-order chi connectivity index (χ0) is 27.3. The minimum absolute atomic E-state index is 0.0706. The Bertz CT molecular complexity index is 1040. The Balaban J connectivity index is 1.42. The van der Waals surface area contributed by atoms with E-state index in [9.17, 15) is 13.6 Å². The molecule has 1 saturated carbocycles. The smallest absolute Gasteiger partial charge is 0.163 e. The van der Waals surface area contributed by atoms with Crippen LogP contribution in [-0.2, 0) is 11.3 Å². The van der Waals surface area contributed by atoms with Gasteiger partial charge in [0.15, 0.2) is 11.6 Å². The van der Waals surface area contributed by atoms with Crippen LogP contribution in [0.25, 0.3) is 0 Å². The molecule has 1 fully saturated rings. The second-order valence-corrected chi connectivity index (χ2v) is 11.1. The molecule has 1 atom stereocenters. The van der Waals surface area contributed by atoms with Gasteiger partial charge in [0.05, 0.1) is 5.70 Å². The summed E-state index contributed by atoms with van der Waals surface area (Å²) in [5, 5.41) is 3.16. The van der Waals surface area contributed by atoms with Crippen LogP contribution in [-0.4, -0.2) is 18.0 Å². The largest absolute Gasteiger partial charge is 0.310 e. The number of allylic oxidation sites excluding steroid dienone is 4. The van der Waals surface area contributed by atoms with Crippen molar-refractivity contribution in [2.75, 3.05) is 0 Å².